The zero-order valence-electron chi connectivity index (χ0n) is 10.0. The number of nitrogens with one attached hydrogen (secondary N) is 1. The number of hydrogen-bond acceptors (Lipinski definition) is 4. The first-order chi connectivity index (χ1) is 7.66. The maximum Gasteiger partial charge on any atom is 0.149 e. The van der Waals surface area contributed by atoms with E-state index in [1.807, 2.05) is 19.2 Å². The molecule has 0 bridgehead atoms. The fourth-order valence-electron chi connectivity index (χ4n) is 1.79. The Kier molecular flexibility index (Phi) is 3.29. The Morgan fingerprint density at radius 3 is 2.94 bits per heavy atom. The summed E-state index contributed by atoms with van der Waals surface area (Å²) in [6.07, 6.45) is 4.53. The summed E-state index contributed by atoms with van der Waals surface area (Å²) in [5.41, 5.74) is 7.70. The van der Waals surface area contributed by atoms with Gasteiger partial charge in [0.1, 0.15) is 5.82 Å². The Labute approximate surface area is 96.8 Å². The van der Waals surface area contributed by atoms with E-state index in [1.165, 1.54) is 12.8 Å². The highest BCUT2D eigenvalue weighted by molar-refractivity contribution is 5.61. The number of pyridine rings is 1. The molecule has 0 unspecified atom stereocenters. The van der Waals surface area contributed by atoms with Gasteiger partial charge < -0.3 is 16.0 Å². The largest absolute Gasteiger partial charge is 0.396 e. The molecule has 0 saturated heterocycles. The number of nitrogens with two attached hydrogens (primary N) is 1. The summed E-state index contributed by atoms with van der Waals surface area (Å²) in [4.78, 5) is 6.67. The van der Waals surface area contributed by atoms with Crippen LogP contribution in [-0.4, -0.2) is 36.1 Å². The number of aromatic nitrogens is 1. The molecule has 1 fully saturated rings. The van der Waals surface area contributed by atoms with E-state index in [2.05, 4.69) is 22.2 Å². The van der Waals surface area contributed by atoms with Crippen LogP contribution in [0.2, 0.25) is 0 Å². The minimum Gasteiger partial charge on any atom is -0.396 e. The van der Waals surface area contributed by atoms with E-state index in [-0.39, 0.29) is 0 Å². The zero-order valence-corrected chi connectivity index (χ0v) is 10.0. The molecular formula is C12H20N4. The normalized spacial score (nSPS) is 15.4. The summed E-state index contributed by atoms with van der Waals surface area (Å²) in [6, 6.07) is 2.75. The average Bonchev–Trinajstić information content (AvgIpc) is 3.04. The van der Waals surface area contributed by atoms with Gasteiger partial charge in [-0.25, -0.2) is 4.98 Å². The highest BCUT2D eigenvalue weighted by atomic mass is 15.2. The lowest BCUT2D eigenvalue weighted by Crippen LogP contribution is -2.27. The van der Waals surface area contributed by atoms with Gasteiger partial charge in [0.15, 0.2) is 0 Å². The van der Waals surface area contributed by atoms with Crippen molar-refractivity contribution in [3.8, 4) is 0 Å². The molecule has 4 nitrogen and oxygen atoms in total. The first-order valence-corrected chi connectivity index (χ1v) is 5.83. The van der Waals surface area contributed by atoms with Gasteiger partial charge in [0, 0.05) is 25.3 Å². The van der Waals surface area contributed by atoms with E-state index >= 15 is 0 Å². The minimum atomic E-state index is 0.731. The van der Waals surface area contributed by atoms with Crippen LogP contribution in [0.15, 0.2) is 12.3 Å². The van der Waals surface area contributed by atoms with Gasteiger partial charge in [-0.05, 0) is 38.4 Å². The lowest BCUT2D eigenvalue weighted by Gasteiger charge is -2.16. The zero-order chi connectivity index (χ0) is 11.5. The molecule has 16 heavy (non-hydrogen) atoms. The Morgan fingerprint density at radius 2 is 2.31 bits per heavy atom. The molecule has 0 amide bonds. The summed E-state index contributed by atoms with van der Waals surface area (Å²) >= 11 is 0. The fraction of sp³-hybridized carbons (Fsp3) is 0.583. The maximum atomic E-state index is 5.87. The highest BCUT2D eigenvalue weighted by Crippen LogP contribution is 2.24. The second-order valence-corrected chi connectivity index (χ2v) is 4.59. The van der Waals surface area contributed by atoms with E-state index in [9.17, 15) is 0 Å². The molecule has 4 heteroatoms. The van der Waals surface area contributed by atoms with Crippen molar-refractivity contribution in [2.24, 2.45) is 0 Å². The molecule has 1 aliphatic rings. The van der Waals surface area contributed by atoms with E-state index in [0.717, 1.165) is 36.2 Å². The van der Waals surface area contributed by atoms with Crippen LogP contribution in [0.1, 0.15) is 18.4 Å². The number of nitrogen functional groups attached to an aromatic ring is 1. The van der Waals surface area contributed by atoms with Crippen LogP contribution in [0.25, 0.3) is 0 Å². The van der Waals surface area contributed by atoms with Gasteiger partial charge in [-0.1, -0.05) is 0 Å². The lowest BCUT2D eigenvalue weighted by atomic mass is 10.3. The second kappa shape index (κ2) is 4.70. The summed E-state index contributed by atoms with van der Waals surface area (Å²) < 4.78 is 0. The van der Waals surface area contributed by atoms with Crippen LogP contribution in [0.5, 0.6) is 0 Å². The van der Waals surface area contributed by atoms with Crippen molar-refractivity contribution in [1.82, 2.24) is 9.88 Å². The van der Waals surface area contributed by atoms with Crippen molar-refractivity contribution >= 4 is 11.5 Å². The molecular weight excluding hydrogens is 200 g/mol. The number of aryl methyl sites for hydroxylation is 1. The Hall–Kier alpha value is -1.29. The van der Waals surface area contributed by atoms with Crippen LogP contribution in [0.3, 0.4) is 0 Å². The van der Waals surface area contributed by atoms with Gasteiger partial charge in [0.2, 0.25) is 0 Å². The standard InChI is InChI=1S/C12H20N4/c1-9-7-11(13)12(15-8-9)14-5-6-16(2)10-3-4-10/h7-8,10H,3-6,13H2,1-2H3,(H,14,15). The minimum absolute atomic E-state index is 0.731. The van der Waals surface area contributed by atoms with Crippen molar-refractivity contribution in [3.63, 3.8) is 0 Å². The number of nitrogens with zero attached hydrogens (tertiary/aromatic N) is 2. The molecule has 2 rings (SSSR count). The van der Waals surface area contributed by atoms with E-state index in [1.54, 1.807) is 0 Å². The summed E-state index contributed by atoms with van der Waals surface area (Å²) in [7, 11) is 2.17. The first kappa shape index (κ1) is 11.2. The first-order valence-electron chi connectivity index (χ1n) is 5.83. The molecule has 1 aromatic rings. The Morgan fingerprint density at radius 1 is 1.56 bits per heavy atom. The molecule has 0 aromatic carbocycles. The van der Waals surface area contributed by atoms with Crippen molar-refractivity contribution < 1.29 is 0 Å². The fourth-order valence-corrected chi connectivity index (χ4v) is 1.79. The molecule has 1 heterocycles. The van der Waals surface area contributed by atoms with E-state index in [0.29, 0.717) is 0 Å². The van der Waals surface area contributed by atoms with Crippen molar-refractivity contribution in [2.75, 3.05) is 31.2 Å². The average molecular weight is 220 g/mol. The Bertz CT molecular complexity index is 360. The third-order valence-corrected chi connectivity index (χ3v) is 2.98. The van der Waals surface area contributed by atoms with Gasteiger partial charge in [-0.2, -0.15) is 0 Å². The van der Waals surface area contributed by atoms with Crippen LogP contribution in [-0.2, 0) is 0 Å². The SMILES string of the molecule is Cc1cnc(NCCN(C)C2CC2)c(N)c1. The molecule has 1 saturated carbocycles. The third-order valence-electron chi connectivity index (χ3n) is 2.98. The summed E-state index contributed by atoms with van der Waals surface area (Å²) in [5, 5.41) is 3.28. The van der Waals surface area contributed by atoms with Gasteiger partial charge >= 0.3 is 0 Å². The number of anilines is 2. The molecule has 0 radical (unpaired) electrons. The molecule has 1 aromatic heterocycles. The van der Waals surface area contributed by atoms with Crippen molar-refractivity contribution in [3.05, 3.63) is 17.8 Å². The predicted molar refractivity (Wildman–Crippen MR) is 67.5 cm³/mol. The molecule has 88 valence electrons. The molecule has 1 aliphatic carbocycles. The number of hydrogen-bond donors (Lipinski definition) is 2. The van der Waals surface area contributed by atoms with Crippen molar-refractivity contribution in [2.45, 2.75) is 25.8 Å². The maximum absolute atomic E-state index is 5.87. The molecule has 0 spiro atoms. The molecule has 0 atom stereocenters. The second-order valence-electron chi connectivity index (χ2n) is 4.59. The lowest BCUT2D eigenvalue weighted by molar-refractivity contribution is 0.337. The monoisotopic (exact) mass is 220 g/mol. The van der Waals surface area contributed by atoms with Crippen molar-refractivity contribution in [1.29, 1.82) is 0 Å². The van der Waals surface area contributed by atoms with Crippen LogP contribution < -0.4 is 11.1 Å². The number of likely N-dealkylation sites (N-methyl/N-ethyl adjacent to an activating group) is 1. The smallest absolute Gasteiger partial charge is 0.149 e. The molecule has 3 N–H and O–H groups in total. The quantitative estimate of drug-likeness (QED) is 0.789. The van der Waals surface area contributed by atoms with Crippen LogP contribution in [0.4, 0.5) is 11.5 Å². The molecule has 0 aliphatic heterocycles. The van der Waals surface area contributed by atoms with Gasteiger partial charge in [0.05, 0.1) is 5.69 Å². The van der Waals surface area contributed by atoms with Gasteiger partial charge in [-0.3, -0.25) is 0 Å². The summed E-state index contributed by atoms with van der Waals surface area (Å²) in [5.74, 6) is 0.801. The third kappa shape index (κ3) is 2.85. The highest BCUT2D eigenvalue weighted by Gasteiger charge is 2.25. The number of rotatable bonds is 5. The van der Waals surface area contributed by atoms with Gasteiger partial charge in [0.25, 0.3) is 0 Å². The van der Waals surface area contributed by atoms with E-state index < -0.39 is 0 Å². The van der Waals surface area contributed by atoms with Gasteiger partial charge in [-0.15, -0.1) is 0 Å². The predicted octanol–water partition coefficient (Wildman–Crippen LogP) is 1.48. The van der Waals surface area contributed by atoms with Crippen LogP contribution >= 0.6 is 0 Å². The topological polar surface area (TPSA) is 54.2 Å². The summed E-state index contributed by atoms with van der Waals surface area (Å²) in [6.45, 7) is 3.93. The Balaban J connectivity index is 1.80. The van der Waals surface area contributed by atoms with E-state index in [4.69, 9.17) is 5.73 Å². The van der Waals surface area contributed by atoms with Crippen LogP contribution in [0, 0.1) is 6.92 Å².